The van der Waals surface area contributed by atoms with Gasteiger partial charge in [-0.3, -0.25) is 9.59 Å². The summed E-state index contributed by atoms with van der Waals surface area (Å²) in [5.41, 5.74) is 1.67. The number of amides is 1. The van der Waals surface area contributed by atoms with Crippen molar-refractivity contribution in [3.63, 3.8) is 0 Å². The number of aryl methyl sites for hydroxylation is 1. The van der Waals surface area contributed by atoms with E-state index >= 15 is 0 Å². The molecular weight excluding hydrogens is 250 g/mol. The molecule has 0 saturated carbocycles. The smallest absolute Gasteiger partial charge is 0.228 e. The van der Waals surface area contributed by atoms with Crippen molar-refractivity contribution in [1.82, 2.24) is 0 Å². The Morgan fingerprint density at radius 2 is 2.22 bits per heavy atom. The molecule has 1 aliphatic rings. The molecule has 1 aliphatic heterocycles. The van der Waals surface area contributed by atoms with Crippen LogP contribution in [0.25, 0.3) is 0 Å². The number of thioether (sulfide) groups is 1. The number of carbonyl (C=O) groups excluding carboxylic acids is 2. The summed E-state index contributed by atoms with van der Waals surface area (Å²) in [7, 11) is 0. The van der Waals surface area contributed by atoms with E-state index in [-0.39, 0.29) is 22.0 Å². The predicted molar refractivity (Wildman–Crippen MR) is 71.9 cm³/mol. The Bertz CT molecular complexity index is 501. The van der Waals surface area contributed by atoms with E-state index in [0.29, 0.717) is 13.0 Å². The number of aromatic hydroxyl groups is 1. The van der Waals surface area contributed by atoms with Gasteiger partial charge in [0.1, 0.15) is 5.75 Å². The summed E-state index contributed by atoms with van der Waals surface area (Å²) in [6.45, 7) is 3.92. The Balaban J connectivity index is 2.19. The van der Waals surface area contributed by atoms with Crippen molar-refractivity contribution in [2.24, 2.45) is 0 Å². The number of benzene rings is 1. The van der Waals surface area contributed by atoms with Gasteiger partial charge in [0.05, 0.1) is 0 Å². The summed E-state index contributed by atoms with van der Waals surface area (Å²) in [6, 6.07) is 4.94. The maximum Gasteiger partial charge on any atom is 0.228 e. The molecular formula is C13H15NO3S. The van der Waals surface area contributed by atoms with Gasteiger partial charge in [0.15, 0.2) is 5.12 Å². The van der Waals surface area contributed by atoms with E-state index < -0.39 is 0 Å². The highest BCUT2D eigenvalue weighted by atomic mass is 32.2. The zero-order valence-corrected chi connectivity index (χ0v) is 11.2. The third-order valence-electron chi connectivity index (χ3n) is 2.89. The molecule has 1 heterocycles. The lowest BCUT2D eigenvalue weighted by Gasteiger charge is -2.19. The van der Waals surface area contributed by atoms with E-state index in [1.807, 2.05) is 6.92 Å². The zero-order valence-electron chi connectivity index (χ0n) is 10.3. The first kappa shape index (κ1) is 13.0. The second-order valence-electron chi connectivity index (χ2n) is 4.41. The molecule has 0 bridgehead atoms. The molecule has 1 saturated heterocycles. The molecule has 2 rings (SSSR count). The predicted octanol–water partition coefficient (Wildman–Crippen LogP) is 2.09. The van der Waals surface area contributed by atoms with Crippen molar-refractivity contribution in [1.29, 1.82) is 0 Å². The van der Waals surface area contributed by atoms with Crippen molar-refractivity contribution >= 4 is 28.5 Å². The topological polar surface area (TPSA) is 57.6 Å². The third kappa shape index (κ3) is 2.67. The van der Waals surface area contributed by atoms with Crippen LogP contribution in [0.15, 0.2) is 18.2 Å². The molecule has 1 atom stereocenters. The maximum absolute atomic E-state index is 11.9. The number of carbonyl (C=O) groups is 2. The van der Waals surface area contributed by atoms with Crippen LogP contribution < -0.4 is 4.90 Å². The SMILES string of the molecule is CC(=O)SC1CC(=O)N(c2ccc(O)cc2C)C1. The molecule has 1 unspecified atom stereocenters. The highest BCUT2D eigenvalue weighted by molar-refractivity contribution is 8.14. The summed E-state index contributed by atoms with van der Waals surface area (Å²) in [5, 5.41) is 9.43. The van der Waals surface area contributed by atoms with Crippen LogP contribution in [0.4, 0.5) is 5.69 Å². The molecule has 4 nitrogen and oxygen atoms in total. The van der Waals surface area contributed by atoms with E-state index in [2.05, 4.69) is 0 Å². The first-order valence-corrected chi connectivity index (χ1v) is 6.62. The molecule has 18 heavy (non-hydrogen) atoms. The first-order valence-electron chi connectivity index (χ1n) is 5.74. The van der Waals surface area contributed by atoms with Gasteiger partial charge in [0, 0.05) is 30.8 Å². The molecule has 96 valence electrons. The Morgan fingerprint density at radius 3 is 2.83 bits per heavy atom. The standard InChI is InChI=1S/C13H15NO3S/c1-8-5-10(16)3-4-12(8)14-7-11(6-13(14)17)18-9(2)15/h3-5,11,16H,6-7H2,1-2H3. The van der Waals surface area contributed by atoms with E-state index in [1.165, 1.54) is 18.7 Å². The fourth-order valence-electron chi connectivity index (χ4n) is 2.16. The van der Waals surface area contributed by atoms with E-state index in [0.717, 1.165) is 11.3 Å². The Morgan fingerprint density at radius 1 is 1.50 bits per heavy atom. The van der Waals surface area contributed by atoms with Crippen LogP contribution in [-0.2, 0) is 9.59 Å². The van der Waals surface area contributed by atoms with Gasteiger partial charge in [0.2, 0.25) is 5.91 Å². The summed E-state index contributed by atoms with van der Waals surface area (Å²) < 4.78 is 0. The van der Waals surface area contributed by atoms with Gasteiger partial charge in [-0.05, 0) is 30.7 Å². The lowest BCUT2D eigenvalue weighted by atomic mass is 10.2. The number of hydrogen-bond acceptors (Lipinski definition) is 4. The van der Waals surface area contributed by atoms with E-state index in [9.17, 15) is 14.7 Å². The van der Waals surface area contributed by atoms with E-state index in [1.54, 1.807) is 23.1 Å². The largest absolute Gasteiger partial charge is 0.508 e. The molecule has 1 aromatic carbocycles. The lowest BCUT2D eigenvalue weighted by Crippen LogP contribution is -2.25. The molecule has 1 fully saturated rings. The van der Waals surface area contributed by atoms with Gasteiger partial charge >= 0.3 is 0 Å². The fourth-order valence-corrected chi connectivity index (χ4v) is 3.08. The van der Waals surface area contributed by atoms with Crippen LogP contribution in [0.3, 0.4) is 0 Å². The van der Waals surface area contributed by atoms with Crippen LogP contribution >= 0.6 is 11.8 Å². The molecule has 0 aromatic heterocycles. The lowest BCUT2D eigenvalue weighted by molar-refractivity contribution is -0.117. The van der Waals surface area contributed by atoms with Crippen LogP contribution in [0, 0.1) is 6.92 Å². The molecule has 0 aliphatic carbocycles. The minimum absolute atomic E-state index is 0.0301. The molecule has 1 amide bonds. The number of hydrogen-bond donors (Lipinski definition) is 1. The highest BCUT2D eigenvalue weighted by Gasteiger charge is 2.32. The minimum Gasteiger partial charge on any atom is -0.508 e. The van der Waals surface area contributed by atoms with Gasteiger partial charge in [-0.25, -0.2) is 0 Å². The number of anilines is 1. The second-order valence-corrected chi connectivity index (χ2v) is 5.89. The third-order valence-corrected chi connectivity index (χ3v) is 3.87. The molecule has 1 N–H and O–H groups in total. The Hall–Kier alpha value is -1.49. The monoisotopic (exact) mass is 265 g/mol. The first-order chi connectivity index (χ1) is 8.47. The van der Waals surface area contributed by atoms with Gasteiger partial charge in [-0.15, -0.1) is 0 Å². The van der Waals surface area contributed by atoms with Crippen LogP contribution in [-0.4, -0.2) is 27.9 Å². The van der Waals surface area contributed by atoms with Gasteiger partial charge in [-0.2, -0.15) is 0 Å². The highest BCUT2D eigenvalue weighted by Crippen LogP contribution is 2.31. The molecule has 5 heteroatoms. The summed E-state index contributed by atoms with van der Waals surface area (Å²) >= 11 is 1.22. The van der Waals surface area contributed by atoms with E-state index in [4.69, 9.17) is 0 Å². The summed E-state index contributed by atoms with van der Waals surface area (Å²) in [6.07, 6.45) is 0.393. The number of rotatable bonds is 2. The molecule has 0 radical (unpaired) electrons. The minimum atomic E-state index is 0.0301. The van der Waals surface area contributed by atoms with Crippen molar-refractivity contribution in [3.05, 3.63) is 23.8 Å². The Kier molecular flexibility index (Phi) is 3.61. The van der Waals surface area contributed by atoms with Crippen molar-refractivity contribution in [2.45, 2.75) is 25.5 Å². The maximum atomic E-state index is 11.9. The second kappa shape index (κ2) is 5.02. The van der Waals surface area contributed by atoms with Gasteiger partial charge in [-0.1, -0.05) is 11.8 Å². The van der Waals surface area contributed by atoms with Crippen molar-refractivity contribution in [3.8, 4) is 5.75 Å². The summed E-state index contributed by atoms with van der Waals surface area (Å²) in [4.78, 5) is 24.7. The van der Waals surface area contributed by atoms with Crippen LogP contribution in [0.5, 0.6) is 5.75 Å². The van der Waals surface area contributed by atoms with Crippen LogP contribution in [0.1, 0.15) is 18.9 Å². The van der Waals surface area contributed by atoms with Crippen molar-refractivity contribution < 1.29 is 14.7 Å². The zero-order chi connectivity index (χ0) is 13.3. The summed E-state index contributed by atoms with van der Waals surface area (Å²) in [5.74, 6) is 0.222. The Labute approximate surface area is 110 Å². The number of phenols is 1. The van der Waals surface area contributed by atoms with Gasteiger partial charge < -0.3 is 10.0 Å². The number of nitrogens with zero attached hydrogens (tertiary/aromatic N) is 1. The van der Waals surface area contributed by atoms with Crippen molar-refractivity contribution in [2.75, 3.05) is 11.4 Å². The molecule has 0 spiro atoms. The quantitative estimate of drug-likeness (QED) is 0.889. The average molecular weight is 265 g/mol. The average Bonchev–Trinajstić information content (AvgIpc) is 2.58. The number of phenolic OH excluding ortho intramolecular Hbond substituents is 1. The van der Waals surface area contributed by atoms with Gasteiger partial charge in [0.25, 0.3) is 0 Å². The fraction of sp³-hybridized carbons (Fsp3) is 0.385. The van der Waals surface area contributed by atoms with Crippen LogP contribution in [0.2, 0.25) is 0 Å². The normalized spacial score (nSPS) is 19.3. The molecule has 1 aromatic rings.